The highest BCUT2D eigenvalue weighted by atomic mass is 16.1. The van der Waals surface area contributed by atoms with Crippen LogP contribution in [0.4, 0.5) is 0 Å². The average molecular weight is 219 g/mol. The second-order valence-electron chi connectivity index (χ2n) is 4.04. The predicted molar refractivity (Wildman–Crippen MR) is 67.1 cm³/mol. The van der Waals surface area contributed by atoms with Crippen LogP contribution in [0.3, 0.4) is 0 Å². The molecule has 0 aliphatic heterocycles. The molecule has 0 saturated heterocycles. The van der Waals surface area contributed by atoms with Gasteiger partial charge in [0.05, 0.1) is 6.04 Å². The van der Waals surface area contributed by atoms with Crippen LogP contribution in [0.2, 0.25) is 0 Å². The Kier molecular flexibility index (Phi) is 5.62. The molecule has 1 aromatic carbocycles. The van der Waals surface area contributed by atoms with Crippen LogP contribution in [0.5, 0.6) is 0 Å². The maximum absolute atomic E-state index is 11.6. The summed E-state index contributed by atoms with van der Waals surface area (Å²) in [6.07, 6.45) is 3.61. The summed E-state index contributed by atoms with van der Waals surface area (Å²) in [5.74, 6) is 0.164. The zero-order chi connectivity index (χ0) is 11.8. The molecule has 0 radical (unpaired) electrons. The third-order valence-corrected chi connectivity index (χ3v) is 2.70. The molecule has 0 heterocycles. The van der Waals surface area contributed by atoms with Gasteiger partial charge in [-0.1, -0.05) is 50.6 Å². The largest absolute Gasteiger partial charge is 0.349 e. The van der Waals surface area contributed by atoms with Crippen LogP contribution >= 0.6 is 0 Å². The van der Waals surface area contributed by atoms with Crippen molar-refractivity contribution >= 4 is 5.91 Å². The first-order valence-electron chi connectivity index (χ1n) is 6.12. The van der Waals surface area contributed by atoms with Crippen molar-refractivity contribution in [1.82, 2.24) is 5.32 Å². The second kappa shape index (κ2) is 7.04. The fraction of sp³-hybridized carbons (Fsp3) is 0.500. The predicted octanol–water partition coefficient (Wildman–Crippen LogP) is 3.44. The van der Waals surface area contributed by atoms with Crippen molar-refractivity contribution in [2.24, 2.45) is 0 Å². The molecule has 2 nitrogen and oxygen atoms in total. The Bertz CT molecular complexity index is 308. The maximum Gasteiger partial charge on any atom is 0.220 e. The molecular weight excluding hydrogens is 198 g/mol. The van der Waals surface area contributed by atoms with E-state index in [9.17, 15) is 4.79 Å². The minimum Gasteiger partial charge on any atom is -0.349 e. The van der Waals surface area contributed by atoms with Crippen LogP contribution in [0, 0.1) is 0 Å². The molecule has 0 fully saturated rings. The molecular formula is C14H21NO. The summed E-state index contributed by atoms with van der Waals surface area (Å²) in [7, 11) is 0. The van der Waals surface area contributed by atoms with E-state index >= 15 is 0 Å². The SMILES string of the molecule is CCCCC(=O)N[C@H](CC)c1ccccc1. The summed E-state index contributed by atoms with van der Waals surface area (Å²) in [6, 6.07) is 10.3. The Hall–Kier alpha value is -1.31. The van der Waals surface area contributed by atoms with Crippen molar-refractivity contribution < 1.29 is 4.79 Å². The Labute approximate surface area is 98.1 Å². The molecule has 1 rings (SSSR count). The van der Waals surface area contributed by atoms with E-state index in [1.807, 2.05) is 18.2 Å². The van der Waals surface area contributed by atoms with Crippen molar-refractivity contribution in [1.29, 1.82) is 0 Å². The van der Waals surface area contributed by atoms with E-state index in [1.54, 1.807) is 0 Å². The van der Waals surface area contributed by atoms with Gasteiger partial charge in [0.1, 0.15) is 0 Å². The quantitative estimate of drug-likeness (QED) is 0.780. The van der Waals surface area contributed by atoms with Gasteiger partial charge in [-0.2, -0.15) is 0 Å². The lowest BCUT2D eigenvalue weighted by Crippen LogP contribution is -2.27. The van der Waals surface area contributed by atoms with Crippen molar-refractivity contribution in [2.45, 2.75) is 45.6 Å². The van der Waals surface area contributed by atoms with Gasteiger partial charge in [-0.3, -0.25) is 4.79 Å². The smallest absolute Gasteiger partial charge is 0.220 e. The number of carbonyl (C=O) groups excluding carboxylic acids is 1. The van der Waals surface area contributed by atoms with Gasteiger partial charge in [0, 0.05) is 6.42 Å². The topological polar surface area (TPSA) is 29.1 Å². The number of nitrogens with one attached hydrogen (secondary N) is 1. The van der Waals surface area contributed by atoms with Crippen molar-refractivity contribution in [2.75, 3.05) is 0 Å². The van der Waals surface area contributed by atoms with E-state index in [-0.39, 0.29) is 11.9 Å². The standard InChI is InChI=1S/C14H21NO/c1-3-5-11-14(16)15-13(4-2)12-9-7-6-8-10-12/h6-10,13H,3-5,11H2,1-2H3,(H,15,16)/t13-/m1/s1. The van der Waals surface area contributed by atoms with Gasteiger partial charge in [0.2, 0.25) is 5.91 Å². The van der Waals surface area contributed by atoms with Gasteiger partial charge in [0.15, 0.2) is 0 Å². The lowest BCUT2D eigenvalue weighted by molar-refractivity contribution is -0.122. The number of rotatable bonds is 6. The highest BCUT2D eigenvalue weighted by Crippen LogP contribution is 2.16. The van der Waals surface area contributed by atoms with Gasteiger partial charge < -0.3 is 5.32 Å². The summed E-state index contributed by atoms with van der Waals surface area (Å²) in [5.41, 5.74) is 1.19. The maximum atomic E-state index is 11.6. The molecule has 0 aliphatic carbocycles. The molecule has 2 heteroatoms. The number of hydrogen-bond donors (Lipinski definition) is 1. The highest BCUT2D eigenvalue weighted by Gasteiger charge is 2.11. The first-order valence-corrected chi connectivity index (χ1v) is 6.12. The number of amides is 1. The number of carbonyl (C=O) groups is 1. The fourth-order valence-electron chi connectivity index (χ4n) is 1.71. The van der Waals surface area contributed by atoms with E-state index in [2.05, 4.69) is 31.3 Å². The molecule has 88 valence electrons. The zero-order valence-electron chi connectivity index (χ0n) is 10.2. The van der Waals surface area contributed by atoms with Gasteiger partial charge in [-0.05, 0) is 18.4 Å². The monoisotopic (exact) mass is 219 g/mol. The van der Waals surface area contributed by atoms with Crippen molar-refractivity contribution in [3.63, 3.8) is 0 Å². The van der Waals surface area contributed by atoms with Crippen LogP contribution < -0.4 is 5.32 Å². The molecule has 0 unspecified atom stereocenters. The van der Waals surface area contributed by atoms with E-state index in [1.165, 1.54) is 5.56 Å². The minimum atomic E-state index is 0.158. The van der Waals surface area contributed by atoms with Crippen LogP contribution in [-0.4, -0.2) is 5.91 Å². The van der Waals surface area contributed by atoms with Gasteiger partial charge >= 0.3 is 0 Å². The Morgan fingerprint density at radius 3 is 2.50 bits per heavy atom. The molecule has 1 atom stereocenters. The molecule has 0 aliphatic rings. The molecule has 0 aromatic heterocycles. The van der Waals surface area contributed by atoms with E-state index in [0.717, 1.165) is 19.3 Å². The average Bonchev–Trinajstić information content (AvgIpc) is 2.34. The van der Waals surface area contributed by atoms with Gasteiger partial charge in [-0.25, -0.2) is 0 Å². The first-order chi connectivity index (χ1) is 7.77. The number of hydrogen-bond acceptors (Lipinski definition) is 1. The summed E-state index contributed by atoms with van der Waals surface area (Å²) >= 11 is 0. The summed E-state index contributed by atoms with van der Waals surface area (Å²) in [5, 5.41) is 3.08. The van der Waals surface area contributed by atoms with Gasteiger partial charge in [0.25, 0.3) is 0 Å². The Balaban J connectivity index is 2.52. The second-order valence-corrected chi connectivity index (χ2v) is 4.04. The minimum absolute atomic E-state index is 0.158. The van der Waals surface area contributed by atoms with E-state index < -0.39 is 0 Å². The third kappa shape index (κ3) is 4.05. The zero-order valence-corrected chi connectivity index (χ0v) is 10.2. The molecule has 0 saturated carbocycles. The fourth-order valence-corrected chi connectivity index (χ4v) is 1.71. The number of unbranched alkanes of at least 4 members (excludes halogenated alkanes) is 1. The lowest BCUT2D eigenvalue weighted by atomic mass is 10.0. The molecule has 16 heavy (non-hydrogen) atoms. The van der Waals surface area contributed by atoms with Crippen molar-refractivity contribution in [3.8, 4) is 0 Å². The number of benzene rings is 1. The Morgan fingerprint density at radius 2 is 1.94 bits per heavy atom. The molecule has 1 aromatic rings. The normalized spacial score (nSPS) is 12.1. The molecule has 1 amide bonds. The van der Waals surface area contributed by atoms with Gasteiger partial charge in [-0.15, -0.1) is 0 Å². The van der Waals surface area contributed by atoms with Crippen LogP contribution in [0.1, 0.15) is 51.1 Å². The highest BCUT2D eigenvalue weighted by molar-refractivity contribution is 5.76. The first kappa shape index (κ1) is 12.8. The van der Waals surface area contributed by atoms with Crippen LogP contribution in [0.15, 0.2) is 30.3 Å². The van der Waals surface area contributed by atoms with E-state index in [4.69, 9.17) is 0 Å². The summed E-state index contributed by atoms with van der Waals surface area (Å²) in [4.78, 5) is 11.6. The molecule has 0 spiro atoms. The summed E-state index contributed by atoms with van der Waals surface area (Å²) in [6.45, 7) is 4.19. The molecule has 1 N–H and O–H groups in total. The third-order valence-electron chi connectivity index (χ3n) is 2.70. The van der Waals surface area contributed by atoms with Crippen LogP contribution in [0.25, 0.3) is 0 Å². The van der Waals surface area contributed by atoms with Crippen LogP contribution in [-0.2, 0) is 4.79 Å². The van der Waals surface area contributed by atoms with Crippen molar-refractivity contribution in [3.05, 3.63) is 35.9 Å². The van der Waals surface area contributed by atoms with E-state index in [0.29, 0.717) is 6.42 Å². The molecule has 0 bridgehead atoms. The Morgan fingerprint density at radius 1 is 1.25 bits per heavy atom. The lowest BCUT2D eigenvalue weighted by Gasteiger charge is -2.17. The summed E-state index contributed by atoms with van der Waals surface area (Å²) < 4.78 is 0.